The molecule has 0 spiro atoms. The first kappa shape index (κ1) is 25.8. The van der Waals surface area contributed by atoms with Crippen LogP contribution in [0.4, 0.5) is 17.1 Å². The van der Waals surface area contributed by atoms with E-state index in [2.05, 4.69) is 157 Å². The molecular formula is C42H27NOS. The number of furan rings is 1. The van der Waals surface area contributed by atoms with Crippen LogP contribution < -0.4 is 4.90 Å². The third-order valence-electron chi connectivity index (χ3n) is 8.67. The van der Waals surface area contributed by atoms with Gasteiger partial charge in [-0.3, -0.25) is 0 Å². The lowest BCUT2D eigenvalue weighted by molar-refractivity contribution is 0.669. The van der Waals surface area contributed by atoms with Crippen molar-refractivity contribution in [2.75, 3.05) is 4.90 Å². The fraction of sp³-hybridized carbons (Fsp3) is 0. The number of anilines is 3. The van der Waals surface area contributed by atoms with Crippen LogP contribution in [-0.4, -0.2) is 0 Å². The van der Waals surface area contributed by atoms with E-state index < -0.39 is 0 Å². The Morgan fingerprint density at radius 2 is 1.09 bits per heavy atom. The van der Waals surface area contributed by atoms with Crippen molar-refractivity contribution >= 4 is 70.5 Å². The van der Waals surface area contributed by atoms with Gasteiger partial charge in [-0.25, -0.2) is 0 Å². The summed E-state index contributed by atoms with van der Waals surface area (Å²) in [5.74, 6) is 0. The van der Waals surface area contributed by atoms with Crippen molar-refractivity contribution in [3.8, 4) is 22.3 Å². The fourth-order valence-corrected chi connectivity index (χ4v) is 7.70. The number of thiophene rings is 1. The van der Waals surface area contributed by atoms with Crippen LogP contribution >= 0.6 is 11.3 Å². The highest BCUT2D eigenvalue weighted by Crippen LogP contribution is 2.46. The van der Waals surface area contributed by atoms with Crippen molar-refractivity contribution in [1.82, 2.24) is 0 Å². The molecular weight excluding hydrogens is 567 g/mol. The summed E-state index contributed by atoms with van der Waals surface area (Å²) in [6.45, 7) is 0. The zero-order valence-corrected chi connectivity index (χ0v) is 25.2. The molecule has 45 heavy (non-hydrogen) atoms. The second-order valence-corrected chi connectivity index (χ2v) is 12.4. The third kappa shape index (κ3) is 4.32. The second-order valence-electron chi connectivity index (χ2n) is 11.3. The zero-order valence-electron chi connectivity index (χ0n) is 24.4. The van der Waals surface area contributed by atoms with Crippen LogP contribution in [0, 0.1) is 0 Å². The van der Waals surface area contributed by atoms with Crippen LogP contribution in [0.5, 0.6) is 0 Å². The summed E-state index contributed by atoms with van der Waals surface area (Å²) in [4.78, 5) is 2.40. The van der Waals surface area contributed by atoms with Gasteiger partial charge in [0.25, 0.3) is 0 Å². The maximum atomic E-state index is 6.37. The molecule has 0 fully saturated rings. The topological polar surface area (TPSA) is 16.4 Å². The van der Waals surface area contributed by atoms with Gasteiger partial charge in [0.05, 0.1) is 16.8 Å². The number of benzene rings is 7. The molecule has 0 saturated carbocycles. The Bertz CT molecular complexity index is 2510. The van der Waals surface area contributed by atoms with Gasteiger partial charge in [0.15, 0.2) is 0 Å². The van der Waals surface area contributed by atoms with E-state index in [1.165, 1.54) is 42.4 Å². The van der Waals surface area contributed by atoms with Crippen molar-refractivity contribution in [3.05, 3.63) is 164 Å². The van der Waals surface area contributed by atoms with Crippen LogP contribution in [-0.2, 0) is 0 Å². The molecule has 0 bridgehead atoms. The summed E-state index contributed by atoms with van der Waals surface area (Å²) in [5, 5.41) is 4.83. The summed E-state index contributed by atoms with van der Waals surface area (Å²) in [6, 6.07) is 58.5. The van der Waals surface area contributed by atoms with Gasteiger partial charge in [-0.1, -0.05) is 109 Å². The standard InChI is InChI=1S/C42H27NOS/c1-2-12-28(13-3-1)32-16-4-7-19-36(32)43(37-20-11-22-39-42(37)34-18-5-8-21-38(34)44-39)31-15-10-14-29(26-31)30-24-25-41-35(27-30)33-17-6-9-23-40(33)45-41/h1-27H. The van der Waals surface area contributed by atoms with Crippen LogP contribution in [0.2, 0.25) is 0 Å². The largest absolute Gasteiger partial charge is 0.456 e. The maximum absolute atomic E-state index is 6.37. The first-order chi connectivity index (χ1) is 22.3. The molecule has 0 radical (unpaired) electrons. The summed E-state index contributed by atoms with van der Waals surface area (Å²) in [7, 11) is 0. The van der Waals surface area contributed by atoms with E-state index >= 15 is 0 Å². The molecule has 212 valence electrons. The predicted octanol–water partition coefficient (Wildman–Crippen LogP) is 12.8. The average molecular weight is 594 g/mol. The van der Waals surface area contributed by atoms with E-state index in [9.17, 15) is 0 Å². The van der Waals surface area contributed by atoms with E-state index in [4.69, 9.17) is 4.42 Å². The Morgan fingerprint density at radius 1 is 0.422 bits per heavy atom. The molecule has 0 aliphatic rings. The summed E-state index contributed by atoms with van der Waals surface area (Å²) in [6.07, 6.45) is 0. The molecule has 0 N–H and O–H groups in total. The van der Waals surface area contributed by atoms with Gasteiger partial charge in [-0.2, -0.15) is 0 Å². The smallest absolute Gasteiger partial charge is 0.137 e. The van der Waals surface area contributed by atoms with Crippen LogP contribution in [0.3, 0.4) is 0 Å². The molecule has 7 aromatic carbocycles. The Hall–Kier alpha value is -5.64. The van der Waals surface area contributed by atoms with Gasteiger partial charge in [0.1, 0.15) is 11.2 Å². The lowest BCUT2D eigenvalue weighted by Crippen LogP contribution is -2.11. The summed E-state index contributed by atoms with van der Waals surface area (Å²) < 4.78 is 9.00. The second kappa shape index (κ2) is 10.5. The lowest BCUT2D eigenvalue weighted by Gasteiger charge is -2.29. The van der Waals surface area contributed by atoms with Gasteiger partial charge in [0, 0.05) is 36.8 Å². The number of fused-ring (bicyclic) bond motifs is 6. The SMILES string of the molecule is c1ccc(-c2ccccc2N(c2cccc(-c3ccc4sc5ccccc5c4c3)c2)c2cccc3oc4ccccc4c23)cc1. The van der Waals surface area contributed by atoms with Gasteiger partial charge < -0.3 is 9.32 Å². The summed E-state index contributed by atoms with van der Waals surface area (Å²) >= 11 is 1.85. The van der Waals surface area contributed by atoms with Gasteiger partial charge in [-0.15, -0.1) is 11.3 Å². The van der Waals surface area contributed by atoms with E-state index in [-0.39, 0.29) is 0 Å². The van der Waals surface area contributed by atoms with E-state index in [0.29, 0.717) is 0 Å². The molecule has 0 unspecified atom stereocenters. The van der Waals surface area contributed by atoms with Gasteiger partial charge in [0.2, 0.25) is 0 Å². The van der Waals surface area contributed by atoms with E-state index in [1.54, 1.807) is 0 Å². The Kier molecular flexibility index (Phi) is 6.03. The van der Waals surface area contributed by atoms with Crippen molar-refractivity contribution in [3.63, 3.8) is 0 Å². The molecule has 2 heterocycles. The molecule has 0 aliphatic carbocycles. The monoisotopic (exact) mass is 593 g/mol. The van der Waals surface area contributed by atoms with Crippen molar-refractivity contribution in [1.29, 1.82) is 0 Å². The molecule has 0 amide bonds. The molecule has 0 aliphatic heterocycles. The number of nitrogens with zero attached hydrogens (tertiary/aromatic N) is 1. The minimum Gasteiger partial charge on any atom is -0.456 e. The van der Waals surface area contributed by atoms with Crippen molar-refractivity contribution < 1.29 is 4.42 Å². The third-order valence-corrected chi connectivity index (χ3v) is 9.82. The zero-order chi connectivity index (χ0) is 29.7. The lowest BCUT2D eigenvalue weighted by atomic mass is 9.99. The number of hydrogen-bond acceptors (Lipinski definition) is 3. The minimum atomic E-state index is 0.877. The minimum absolute atomic E-state index is 0.877. The fourth-order valence-electron chi connectivity index (χ4n) is 6.61. The highest BCUT2D eigenvalue weighted by atomic mass is 32.1. The first-order valence-electron chi connectivity index (χ1n) is 15.2. The van der Waals surface area contributed by atoms with Gasteiger partial charge >= 0.3 is 0 Å². The number of para-hydroxylation sites is 2. The Balaban J connectivity index is 1.29. The predicted molar refractivity (Wildman–Crippen MR) is 192 cm³/mol. The van der Waals surface area contributed by atoms with Crippen molar-refractivity contribution in [2.45, 2.75) is 0 Å². The molecule has 0 atom stereocenters. The van der Waals surface area contributed by atoms with Gasteiger partial charge in [-0.05, 0) is 71.3 Å². The first-order valence-corrected chi connectivity index (χ1v) is 16.0. The van der Waals surface area contributed by atoms with Crippen LogP contribution in [0.25, 0.3) is 64.4 Å². The Labute approximate surface area is 265 Å². The highest BCUT2D eigenvalue weighted by Gasteiger charge is 2.22. The van der Waals surface area contributed by atoms with Crippen LogP contribution in [0.15, 0.2) is 168 Å². The Morgan fingerprint density at radius 3 is 2.02 bits per heavy atom. The molecule has 2 nitrogen and oxygen atoms in total. The highest BCUT2D eigenvalue weighted by molar-refractivity contribution is 7.25. The summed E-state index contributed by atoms with van der Waals surface area (Å²) in [5.41, 5.74) is 9.77. The molecule has 3 heteroatoms. The molecule has 9 rings (SSSR count). The normalized spacial score (nSPS) is 11.6. The average Bonchev–Trinajstić information content (AvgIpc) is 3.68. The number of rotatable bonds is 5. The molecule has 0 saturated heterocycles. The maximum Gasteiger partial charge on any atom is 0.137 e. The quantitative estimate of drug-likeness (QED) is 0.197. The van der Waals surface area contributed by atoms with E-state index in [1.807, 2.05) is 23.5 Å². The molecule has 2 aromatic heterocycles. The van der Waals surface area contributed by atoms with Crippen molar-refractivity contribution in [2.24, 2.45) is 0 Å². The van der Waals surface area contributed by atoms with Crippen LogP contribution in [0.1, 0.15) is 0 Å². The number of hydrogen-bond donors (Lipinski definition) is 0. The van der Waals surface area contributed by atoms with E-state index in [0.717, 1.165) is 39.0 Å². The molecule has 9 aromatic rings.